The number of hydrogen-bond donors (Lipinski definition) is 1. The molecule has 1 heterocycles. The van der Waals surface area contributed by atoms with Gasteiger partial charge in [0.2, 0.25) is 0 Å². The van der Waals surface area contributed by atoms with Crippen molar-refractivity contribution in [3.63, 3.8) is 0 Å². The second kappa shape index (κ2) is 10.6. The van der Waals surface area contributed by atoms with E-state index in [-0.39, 0.29) is 30.2 Å². The molecule has 0 bridgehead atoms. The van der Waals surface area contributed by atoms with Gasteiger partial charge in [0.1, 0.15) is 6.61 Å². The molecule has 8 heteroatoms. The van der Waals surface area contributed by atoms with Gasteiger partial charge in [-0.1, -0.05) is 18.2 Å². The molecule has 2 aromatic rings. The van der Waals surface area contributed by atoms with Gasteiger partial charge in [0.25, 0.3) is 5.91 Å². The van der Waals surface area contributed by atoms with E-state index < -0.39 is 5.97 Å². The van der Waals surface area contributed by atoms with Crippen molar-refractivity contribution in [1.82, 2.24) is 4.90 Å². The number of amides is 1. The van der Waals surface area contributed by atoms with Gasteiger partial charge in [-0.2, -0.15) is 0 Å². The van der Waals surface area contributed by atoms with Crippen LogP contribution >= 0.6 is 11.8 Å². The summed E-state index contributed by atoms with van der Waals surface area (Å²) in [5, 5.41) is 9.73. The van der Waals surface area contributed by atoms with E-state index in [4.69, 9.17) is 14.6 Å². The van der Waals surface area contributed by atoms with Crippen LogP contribution in [0.3, 0.4) is 0 Å². The summed E-state index contributed by atoms with van der Waals surface area (Å²) in [4.78, 5) is 30.9. The Balaban J connectivity index is 1.78. The lowest BCUT2D eigenvalue weighted by Gasteiger charge is -2.20. The van der Waals surface area contributed by atoms with E-state index in [2.05, 4.69) is 4.99 Å². The summed E-state index contributed by atoms with van der Waals surface area (Å²) in [5.41, 5.74) is 1.88. The average molecular weight is 469 g/mol. The number of rotatable bonds is 8. The first-order valence-corrected chi connectivity index (χ1v) is 11.4. The molecule has 2 aromatic carbocycles. The molecule has 0 aliphatic carbocycles. The molecule has 0 spiro atoms. The van der Waals surface area contributed by atoms with Gasteiger partial charge in [0.15, 0.2) is 16.7 Å². The van der Waals surface area contributed by atoms with Gasteiger partial charge in [0, 0.05) is 12.1 Å². The number of carboxylic acids is 1. The molecule has 1 aliphatic heterocycles. The zero-order valence-electron chi connectivity index (χ0n) is 19.4. The standard InChI is InChI=1S/C25H28N2O5S/c1-15(2)26-25-27(16(3)4)23(28)22(33-25)13-18-8-11-20(21(12-18)31-5)32-14-17-6-9-19(10-7-17)24(29)30/h6-13,15-16H,14H2,1-5H3,(H,29,30)/b22-13+,26-25?. The molecule has 0 radical (unpaired) electrons. The summed E-state index contributed by atoms with van der Waals surface area (Å²) < 4.78 is 11.4. The highest BCUT2D eigenvalue weighted by Gasteiger charge is 2.35. The minimum absolute atomic E-state index is 0.0169. The Labute approximate surface area is 198 Å². The Bertz CT molecular complexity index is 1090. The monoisotopic (exact) mass is 468 g/mol. The molecule has 174 valence electrons. The van der Waals surface area contributed by atoms with Crippen molar-refractivity contribution in [3.8, 4) is 11.5 Å². The minimum Gasteiger partial charge on any atom is -0.493 e. The second-order valence-electron chi connectivity index (χ2n) is 8.09. The first kappa shape index (κ1) is 24.4. The van der Waals surface area contributed by atoms with E-state index in [0.29, 0.717) is 16.4 Å². The molecule has 1 fully saturated rings. The number of carboxylic acid groups (broad SMARTS) is 1. The summed E-state index contributed by atoms with van der Waals surface area (Å²) in [6, 6.07) is 12.1. The van der Waals surface area contributed by atoms with Gasteiger partial charge in [0.05, 0.1) is 17.6 Å². The molecule has 1 amide bonds. The molecule has 0 atom stereocenters. The summed E-state index contributed by atoms with van der Waals surface area (Å²) in [7, 11) is 1.56. The summed E-state index contributed by atoms with van der Waals surface area (Å²) in [6.45, 7) is 8.19. The van der Waals surface area contributed by atoms with Crippen molar-refractivity contribution in [2.45, 2.75) is 46.4 Å². The molecule has 7 nitrogen and oxygen atoms in total. The highest BCUT2D eigenvalue weighted by atomic mass is 32.2. The molecule has 33 heavy (non-hydrogen) atoms. The molecule has 0 aromatic heterocycles. The Hall–Kier alpha value is -3.26. The molecule has 1 saturated heterocycles. The lowest BCUT2D eigenvalue weighted by atomic mass is 10.1. The second-order valence-corrected chi connectivity index (χ2v) is 9.10. The minimum atomic E-state index is -0.966. The topological polar surface area (TPSA) is 88.4 Å². The van der Waals surface area contributed by atoms with E-state index in [1.54, 1.807) is 42.3 Å². The number of carbonyl (C=O) groups excluding carboxylic acids is 1. The zero-order chi connectivity index (χ0) is 24.1. The normalized spacial score (nSPS) is 16.3. The number of nitrogens with zero attached hydrogens (tertiary/aromatic N) is 2. The number of ether oxygens (including phenoxy) is 2. The van der Waals surface area contributed by atoms with Crippen molar-refractivity contribution in [2.75, 3.05) is 7.11 Å². The third-order valence-electron chi connectivity index (χ3n) is 4.80. The lowest BCUT2D eigenvalue weighted by molar-refractivity contribution is -0.123. The summed E-state index contributed by atoms with van der Waals surface area (Å²) in [6.07, 6.45) is 1.84. The van der Waals surface area contributed by atoms with E-state index in [0.717, 1.165) is 16.3 Å². The molecule has 3 rings (SSSR count). The number of amidine groups is 1. The van der Waals surface area contributed by atoms with E-state index in [9.17, 15) is 9.59 Å². The quantitative estimate of drug-likeness (QED) is 0.545. The van der Waals surface area contributed by atoms with Gasteiger partial charge in [-0.25, -0.2) is 4.79 Å². The van der Waals surface area contributed by atoms with Crippen LogP contribution in [-0.4, -0.2) is 46.2 Å². The highest BCUT2D eigenvalue weighted by molar-refractivity contribution is 8.18. The third-order valence-corrected chi connectivity index (χ3v) is 5.80. The predicted molar refractivity (Wildman–Crippen MR) is 131 cm³/mol. The van der Waals surface area contributed by atoms with Crippen LogP contribution in [-0.2, 0) is 11.4 Å². The fraction of sp³-hybridized carbons (Fsp3) is 0.320. The molecular formula is C25H28N2O5S. The van der Waals surface area contributed by atoms with Crippen molar-refractivity contribution in [2.24, 2.45) is 4.99 Å². The average Bonchev–Trinajstić information content (AvgIpc) is 3.06. The fourth-order valence-electron chi connectivity index (χ4n) is 3.20. The van der Waals surface area contributed by atoms with Gasteiger partial charge in [-0.15, -0.1) is 0 Å². The Morgan fingerprint density at radius 2 is 1.82 bits per heavy atom. The molecular weight excluding hydrogens is 440 g/mol. The summed E-state index contributed by atoms with van der Waals surface area (Å²) in [5.74, 6) is 0.0716. The van der Waals surface area contributed by atoms with Gasteiger partial charge >= 0.3 is 5.97 Å². The number of aliphatic imine (C=N–C) groups is 1. The first-order chi connectivity index (χ1) is 15.7. The Kier molecular flexibility index (Phi) is 7.81. The van der Waals surface area contributed by atoms with Gasteiger partial charge in [-0.05, 0) is 80.9 Å². The van der Waals surface area contributed by atoms with Crippen LogP contribution < -0.4 is 9.47 Å². The number of carbonyl (C=O) groups is 2. The molecule has 0 unspecified atom stereocenters. The first-order valence-electron chi connectivity index (χ1n) is 10.6. The van der Waals surface area contributed by atoms with Crippen LogP contribution in [0.4, 0.5) is 0 Å². The van der Waals surface area contributed by atoms with Crippen molar-refractivity contribution < 1.29 is 24.2 Å². The fourth-order valence-corrected chi connectivity index (χ4v) is 4.43. The maximum atomic E-state index is 13.0. The van der Waals surface area contributed by atoms with Crippen LogP contribution in [0.15, 0.2) is 52.4 Å². The Morgan fingerprint density at radius 3 is 2.39 bits per heavy atom. The van der Waals surface area contributed by atoms with E-state index >= 15 is 0 Å². The number of hydrogen-bond acceptors (Lipinski definition) is 6. The van der Waals surface area contributed by atoms with E-state index in [1.807, 2.05) is 45.9 Å². The number of methoxy groups -OCH3 is 1. The number of benzene rings is 2. The van der Waals surface area contributed by atoms with Crippen LogP contribution in [0.2, 0.25) is 0 Å². The lowest BCUT2D eigenvalue weighted by Crippen LogP contribution is -2.35. The zero-order valence-corrected chi connectivity index (χ0v) is 20.2. The van der Waals surface area contributed by atoms with Crippen LogP contribution in [0.1, 0.15) is 49.2 Å². The van der Waals surface area contributed by atoms with Crippen LogP contribution in [0, 0.1) is 0 Å². The maximum absolute atomic E-state index is 13.0. The van der Waals surface area contributed by atoms with Gasteiger partial charge in [-0.3, -0.25) is 14.7 Å². The number of thioether (sulfide) groups is 1. The SMILES string of the molecule is COc1cc(/C=C2/SC(=NC(C)C)N(C(C)C)C2=O)ccc1OCc1ccc(C(=O)O)cc1. The molecule has 1 N–H and O–H groups in total. The van der Waals surface area contributed by atoms with Crippen molar-refractivity contribution in [3.05, 3.63) is 64.1 Å². The predicted octanol–water partition coefficient (Wildman–Crippen LogP) is 5.06. The highest BCUT2D eigenvalue weighted by Crippen LogP contribution is 2.36. The van der Waals surface area contributed by atoms with Gasteiger partial charge < -0.3 is 14.6 Å². The molecule has 1 aliphatic rings. The number of aromatic carboxylic acids is 1. The van der Waals surface area contributed by atoms with E-state index in [1.165, 1.54) is 11.8 Å². The van der Waals surface area contributed by atoms with Crippen molar-refractivity contribution >= 4 is 34.9 Å². The Morgan fingerprint density at radius 1 is 1.12 bits per heavy atom. The third kappa shape index (κ3) is 5.96. The smallest absolute Gasteiger partial charge is 0.335 e. The largest absolute Gasteiger partial charge is 0.493 e. The van der Waals surface area contributed by atoms with Crippen LogP contribution in [0.25, 0.3) is 6.08 Å². The van der Waals surface area contributed by atoms with Crippen molar-refractivity contribution in [1.29, 1.82) is 0 Å². The maximum Gasteiger partial charge on any atom is 0.335 e. The van der Waals surface area contributed by atoms with Crippen LogP contribution in [0.5, 0.6) is 11.5 Å². The summed E-state index contributed by atoms with van der Waals surface area (Å²) >= 11 is 1.38. The molecule has 0 saturated carbocycles.